The number of nitrogens with zero attached hydrogens (tertiary/aromatic N) is 6. The van der Waals surface area contributed by atoms with Gasteiger partial charge >= 0.3 is 0 Å². The fourth-order valence-electron chi connectivity index (χ4n) is 4.49. The van der Waals surface area contributed by atoms with Crippen molar-refractivity contribution >= 4 is 22.7 Å². The zero-order valence-corrected chi connectivity index (χ0v) is 16.3. The van der Waals surface area contributed by atoms with Crippen LogP contribution >= 0.6 is 0 Å². The van der Waals surface area contributed by atoms with Gasteiger partial charge in [-0.15, -0.1) is 0 Å². The first-order valence-electron chi connectivity index (χ1n) is 10.1. The summed E-state index contributed by atoms with van der Waals surface area (Å²) < 4.78 is 7.53. The van der Waals surface area contributed by atoms with E-state index in [1.165, 1.54) is 31.4 Å². The summed E-state index contributed by atoms with van der Waals surface area (Å²) in [6, 6.07) is 8.83. The van der Waals surface area contributed by atoms with Crippen molar-refractivity contribution in [2.75, 3.05) is 43.1 Å². The Bertz CT molecular complexity index is 939. The van der Waals surface area contributed by atoms with Crippen molar-refractivity contribution in [3.8, 4) is 5.75 Å². The van der Waals surface area contributed by atoms with E-state index in [4.69, 9.17) is 9.72 Å². The molecule has 3 heterocycles. The maximum Gasteiger partial charge on any atom is 0.165 e. The molecule has 1 aromatic carbocycles. The molecule has 0 spiro atoms. The molecule has 2 aromatic heterocycles. The minimum atomic E-state index is 0.541. The topological polar surface area (TPSA) is 59.3 Å². The molecule has 0 bridgehead atoms. The Balaban J connectivity index is 1.34. The molecule has 0 radical (unpaired) electrons. The Morgan fingerprint density at radius 2 is 1.61 bits per heavy atom. The number of aromatic nitrogens is 4. The average Bonchev–Trinajstić information content (AvgIpc) is 3.43. The Morgan fingerprint density at radius 1 is 0.893 bits per heavy atom. The van der Waals surface area contributed by atoms with E-state index in [2.05, 4.69) is 36.5 Å². The molecule has 2 fully saturated rings. The molecule has 146 valence electrons. The largest absolute Gasteiger partial charge is 0.497 e. The molecule has 0 N–H and O–H groups in total. The lowest BCUT2D eigenvalue weighted by Gasteiger charge is -2.36. The summed E-state index contributed by atoms with van der Waals surface area (Å²) >= 11 is 0. The molecule has 0 atom stereocenters. The second kappa shape index (κ2) is 7.30. The van der Waals surface area contributed by atoms with Crippen LogP contribution in [0.25, 0.3) is 11.2 Å². The van der Waals surface area contributed by atoms with Crippen molar-refractivity contribution < 1.29 is 4.74 Å². The van der Waals surface area contributed by atoms with E-state index >= 15 is 0 Å². The van der Waals surface area contributed by atoms with Crippen LogP contribution in [0.15, 0.2) is 36.9 Å². The van der Waals surface area contributed by atoms with Crippen LogP contribution in [0, 0.1) is 0 Å². The number of anilines is 2. The highest BCUT2D eigenvalue weighted by Crippen LogP contribution is 2.33. The fourth-order valence-corrected chi connectivity index (χ4v) is 4.49. The van der Waals surface area contributed by atoms with Crippen molar-refractivity contribution in [1.29, 1.82) is 0 Å². The average molecular weight is 378 g/mol. The van der Waals surface area contributed by atoms with Gasteiger partial charge in [0.15, 0.2) is 17.0 Å². The predicted molar refractivity (Wildman–Crippen MR) is 110 cm³/mol. The standard InChI is InChI=1S/C21H26N6O/c1-28-18-8-6-16(7-9-18)25-10-12-26(13-11-25)20-19-21(23-14-22-20)27(15-24-19)17-4-2-3-5-17/h6-9,14-15,17H,2-5,10-13H2,1H3. The number of imidazole rings is 1. The molecule has 1 aliphatic heterocycles. The van der Waals surface area contributed by atoms with E-state index in [-0.39, 0.29) is 0 Å². The second-order valence-corrected chi connectivity index (χ2v) is 7.63. The summed E-state index contributed by atoms with van der Waals surface area (Å²) in [5.74, 6) is 1.86. The highest BCUT2D eigenvalue weighted by atomic mass is 16.5. The number of benzene rings is 1. The summed E-state index contributed by atoms with van der Waals surface area (Å²) in [6.07, 6.45) is 8.72. The van der Waals surface area contributed by atoms with Gasteiger partial charge in [-0.3, -0.25) is 0 Å². The Morgan fingerprint density at radius 3 is 2.32 bits per heavy atom. The minimum Gasteiger partial charge on any atom is -0.497 e. The molecule has 1 aliphatic carbocycles. The molecular weight excluding hydrogens is 352 g/mol. The number of hydrogen-bond acceptors (Lipinski definition) is 6. The maximum atomic E-state index is 5.26. The van der Waals surface area contributed by atoms with Crippen molar-refractivity contribution in [2.45, 2.75) is 31.7 Å². The minimum absolute atomic E-state index is 0.541. The molecule has 7 heteroatoms. The smallest absolute Gasteiger partial charge is 0.165 e. The van der Waals surface area contributed by atoms with Crippen molar-refractivity contribution in [3.63, 3.8) is 0 Å². The Hall–Kier alpha value is -2.83. The normalized spacial score (nSPS) is 18.2. The lowest BCUT2D eigenvalue weighted by atomic mass is 10.2. The van der Waals surface area contributed by atoms with E-state index in [1.54, 1.807) is 13.4 Å². The molecule has 2 aliphatic rings. The first-order valence-corrected chi connectivity index (χ1v) is 10.1. The van der Waals surface area contributed by atoms with Gasteiger partial charge in [0.2, 0.25) is 0 Å². The predicted octanol–water partition coefficient (Wildman–Crippen LogP) is 3.28. The van der Waals surface area contributed by atoms with Crippen molar-refractivity contribution in [2.24, 2.45) is 0 Å². The van der Waals surface area contributed by atoms with Gasteiger partial charge in [0, 0.05) is 37.9 Å². The van der Waals surface area contributed by atoms with Gasteiger partial charge < -0.3 is 19.1 Å². The van der Waals surface area contributed by atoms with Gasteiger partial charge in [0.1, 0.15) is 12.1 Å². The van der Waals surface area contributed by atoms with Crippen LogP contribution in [0.4, 0.5) is 11.5 Å². The van der Waals surface area contributed by atoms with Gasteiger partial charge in [0.25, 0.3) is 0 Å². The van der Waals surface area contributed by atoms with Gasteiger partial charge in [-0.05, 0) is 37.1 Å². The zero-order valence-electron chi connectivity index (χ0n) is 16.3. The SMILES string of the molecule is COc1ccc(N2CCN(c3ncnc4c3ncn4C3CCCC3)CC2)cc1. The quantitative estimate of drug-likeness (QED) is 0.694. The number of rotatable bonds is 4. The molecule has 7 nitrogen and oxygen atoms in total. The molecule has 28 heavy (non-hydrogen) atoms. The van der Waals surface area contributed by atoms with Gasteiger partial charge in [-0.25, -0.2) is 15.0 Å². The molecule has 0 unspecified atom stereocenters. The van der Waals surface area contributed by atoms with Crippen LogP contribution in [0.1, 0.15) is 31.7 Å². The summed E-state index contributed by atoms with van der Waals surface area (Å²) in [5.41, 5.74) is 3.15. The van der Waals surface area contributed by atoms with Gasteiger partial charge in [-0.1, -0.05) is 12.8 Å². The van der Waals surface area contributed by atoms with E-state index in [0.717, 1.165) is 48.9 Å². The first kappa shape index (κ1) is 17.3. The number of hydrogen-bond donors (Lipinski definition) is 0. The lowest BCUT2D eigenvalue weighted by molar-refractivity contribution is 0.415. The summed E-state index contributed by atoms with van der Waals surface area (Å²) in [4.78, 5) is 18.6. The van der Waals surface area contributed by atoms with Crippen LogP contribution in [0.3, 0.4) is 0 Å². The van der Waals surface area contributed by atoms with E-state index < -0.39 is 0 Å². The summed E-state index contributed by atoms with van der Waals surface area (Å²) in [6.45, 7) is 3.77. The number of fused-ring (bicyclic) bond motifs is 1. The maximum absolute atomic E-state index is 5.26. The third kappa shape index (κ3) is 3.04. The van der Waals surface area contributed by atoms with E-state index in [0.29, 0.717) is 6.04 Å². The molecule has 5 rings (SSSR count). The molecule has 1 saturated carbocycles. The lowest BCUT2D eigenvalue weighted by Crippen LogP contribution is -2.47. The van der Waals surface area contributed by atoms with Crippen molar-refractivity contribution in [3.05, 3.63) is 36.9 Å². The fraction of sp³-hybridized carbons (Fsp3) is 0.476. The highest BCUT2D eigenvalue weighted by molar-refractivity contribution is 5.83. The molecule has 0 amide bonds. The van der Waals surface area contributed by atoms with Crippen LogP contribution in [-0.4, -0.2) is 52.8 Å². The summed E-state index contributed by atoms with van der Waals surface area (Å²) in [5, 5.41) is 0. The zero-order chi connectivity index (χ0) is 18.9. The summed E-state index contributed by atoms with van der Waals surface area (Å²) in [7, 11) is 1.70. The number of ether oxygens (including phenoxy) is 1. The van der Waals surface area contributed by atoms with E-state index in [1.807, 2.05) is 18.5 Å². The molecular formula is C21H26N6O. The van der Waals surface area contributed by atoms with Gasteiger partial charge in [-0.2, -0.15) is 0 Å². The monoisotopic (exact) mass is 378 g/mol. The van der Waals surface area contributed by atoms with Crippen molar-refractivity contribution in [1.82, 2.24) is 19.5 Å². The molecule has 3 aromatic rings. The number of piperazine rings is 1. The third-order valence-electron chi connectivity index (χ3n) is 6.07. The number of methoxy groups -OCH3 is 1. The van der Waals surface area contributed by atoms with Crippen LogP contribution in [0.2, 0.25) is 0 Å². The van der Waals surface area contributed by atoms with Crippen LogP contribution in [0.5, 0.6) is 5.75 Å². The second-order valence-electron chi connectivity index (χ2n) is 7.63. The Kier molecular flexibility index (Phi) is 4.50. The third-order valence-corrected chi connectivity index (χ3v) is 6.07. The van der Waals surface area contributed by atoms with Crippen LogP contribution < -0.4 is 14.5 Å². The highest BCUT2D eigenvalue weighted by Gasteiger charge is 2.24. The first-order chi connectivity index (χ1) is 13.8. The molecule has 1 saturated heterocycles. The van der Waals surface area contributed by atoms with Gasteiger partial charge in [0.05, 0.1) is 13.4 Å². The Labute approximate surface area is 165 Å². The van der Waals surface area contributed by atoms with Crippen LogP contribution in [-0.2, 0) is 0 Å². The van der Waals surface area contributed by atoms with E-state index in [9.17, 15) is 0 Å².